The molecule has 6 nitrogen and oxygen atoms in total. The smallest absolute Gasteiger partial charge is 0.320 e. The summed E-state index contributed by atoms with van der Waals surface area (Å²) in [6, 6.07) is -0.880. The third-order valence-corrected chi connectivity index (χ3v) is 3.12. The quantitative estimate of drug-likeness (QED) is 0.799. The van der Waals surface area contributed by atoms with Crippen molar-refractivity contribution in [2.24, 2.45) is 12.8 Å². The number of nitrogens with zero attached hydrogens (tertiary/aromatic N) is 3. The van der Waals surface area contributed by atoms with E-state index in [1.807, 2.05) is 36.1 Å². The average molecular weight is 236 g/mol. The molecule has 2 heterocycles. The second-order valence-electron chi connectivity index (χ2n) is 4.28. The highest BCUT2D eigenvalue weighted by molar-refractivity contribution is 5.73. The van der Waals surface area contributed by atoms with Gasteiger partial charge >= 0.3 is 5.97 Å². The Morgan fingerprint density at radius 2 is 2.24 bits per heavy atom. The van der Waals surface area contributed by atoms with Gasteiger partial charge < -0.3 is 15.4 Å². The molecule has 0 aliphatic carbocycles. The number of hydrogen-bond donors (Lipinski definition) is 2. The highest BCUT2D eigenvalue weighted by atomic mass is 16.4. The van der Waals surface area contributed by atoms with Gasteiger partial charge in [-0.3, -0.25) is 9.20 Å². The second-order valence-corrected chi connectivity index (χ2v) is 4.28. The van der Waals surface area contributed by atoms with Crippen molar-refractivity contribution in [1.29, 1.82) is 0 Å². The molecule has 0 saturated carbocycles. The van der Waals surface area contributed by atoms with Crippen molar-refractivity contribution in [3.8, 4) is 0 Å². The molecule has 0 saturated heterocycles. The Bertz CT molecular complexity index is 582. The van der Waals surface area contributed by atoms with Crippen LogP contribution in [0.15, 0.2) is 6.20 Å². The van der Waals surface area contributed by atoms with E-state index in [0.29, 0.717) is 6.42 Å². The molecule has 1 unspecified atom stereocenters. The van der Waals surface area contributed by atoms with Gasteiger partial charge in [0.2, 0.25) is 5.78 Å². The average Bonchev–Trinajstić information content (AvgIpc) is 2.70. The number of aromatic nitrogens is 3. The molecule has 2 aromatic heterocycles. The van der Waals surface area contributed by atoms with Gasteiger partial charge in [-0.05, 0) is 13.8 Å². The van der Waals surface area contributed by atoms with Crippen LogP contribution in [0.5, 0.6) is 0 Å². The summed E-state index contributed by atoms with van der Waals surface area (Å²) >= 11 is 0. The van der Waals surface area contributed by atoms with E-state index in [-0.39, 0.29) is 0 Å². The van der Waals surface area contributed by atoms with Crippen LogP contribution in [-0.4, -0.2) is 31.1 Å². The van der Waals surface area contributed by atoms with Gasteiger partial charge in [0, 0.05) is 31.1 Å². The maximum Gasteiger partial charge on any atom is 0.320 e. The number of rotatable bonds is 3. The Morgan fingerprint density at radius 3 is 2.76 bits per heavy atom. The van der Waals surface area contributed by atoms with Gasteiger partial charge in [0.1, 0.15) is 6.04 Å². The predicted molar refractivity (Wildman–Crippen MR) is 63.0 cm³/mol. The third-order valence-electron chi connectivity index (χ3n) is 3.12. The third kappa shape index (κ3) is 1.80. The number of carbonyl (C=O) groups is 1. The maximum atomic E-state index is 10.7. The first kappa shape index (κ1) is 11.7. The molecule has 3 N–H and O–H groups in total. The normalized spacial score (nSPS) is 13.2. The molecule has 92 valence electrons. The molecule has 0 fully saturated rings. The Balaban J connectivity index is 2.43. The van der Waals surface area contributed by atoms with Crippen molar-refractivity contribution in [2.45, 2.75) is 26.3 Å². The molecule has 0 amide bonds. The van der Waals surface area contributed by atoms with Crippen LogP contribution in [0.2, 0.25) is 0 Å². The summed E-state index contributed by atoms with van der Waals surface area (Å²) in [4.78, 5) is 15.2. The molecular formula is C11H16N4O2. The van der Waals surface area contributed by atoms with E-state index in [1.165, 1.54) is 0 Å². The Morgan fingerprint density at radius 1 is 1.59 bits per heavy atom. The van der Waals surface area contributed by atoms with E-state index in [2.05, 4.69) is 4.98 Å². The van der Waals surface area contributed by atoms with Gasteiger partial charge in [-0.1, -0.05) is 0 Å². The molecule has 2 aromatic rings. The number of carboxylic acids is 1. The molecule has 1 atom stereocenters. The van der Waals surface area contributed by atoms with Gasteiger partial charge in [-0.2, -0.15) is 0 Å². The summed E-state index contributed by atoms with van der Waals surface area (Å²) < 4.78 is 3.84. The lowest BCUT2D eigenvalue weighted by atomic mass is 10.2. The summed E-state index contributed by atoms with van der Waals surface area (Å²) in [5.74, 6) is -0.177. The highest BCUT2D eigenvalue weighted by Crippen LogP contribution is 2.15. The van der Waals surface area contributed by atoms with Crippen LogP contribution in [0.1, 0.15) is 17.1 Å². The summed E-state index contributed by atoms with van der Waals surface area (Å²) in [7, 11) is 1.87. The van der Waals surface area contributed by atoms with Crippen molar-refractivity contribution >= 4 is 11.7 Å². The Kier molecular flexibility index (Phi) is 2.66. The van der Waals surface area contributed by atoms with Gasteiger partial charge in [-0.25, -0.2) is 4.98 Å². The van der Waals surface area contributed by atoms with E-state index in [9.17, 15) is 4.79 Å². The van der Waals surface area contributed by atoms with Crippen LogP contribution in [-0.2, 0) is 18.3 Å². The fourth-order valence-electron chi connectivity index (χ4n) is 1.87. The Labute approximate surface area is 98.7 Å². The predicted octanol–water partition coefficient (Wildman–Crippen LogP) is 0.244. The number of aliphatic carboxylic acids is 1. The van der Waals surface area contributed by atoms with E-state index in [0.717, 1.165) is 22.9 Å². The maximum absolute atomic E-state index is 10.7. The minimum absolute atomic E-state index is 0.299. The van der Waals surface area contributed by atoms with Gasteiger partial charge in [0.15, 0.2) is 0 Å². The lowest BCUT2D eigenvalue weighted by Crippen LogP contribution is -2.32. The first-order valence-corrected chi connectivity index (χ1v) is 5.40. The van der Waals surface area contributed by atoms with Crippen LogP contribution in [0, 0.1) is 13.8 Å². The summed E-state index contributed by atoms with van der Waals surface area (Å²) in [5.41, 5.74) is 8.44. The molecule has 0 aliphatic rings. The van der Waals surface area contributed by atoms with Crippen LogP contribution in [0.25, 0.3) is 5.78 Å². The number of aryl methyl sites for hydroxylation is 3. The van der Waals surface area contributed by atoms with Crippen molar-refractivity contribution in [2.75, 3.05) is 0 Å². The van der Waals surface area contributed by atoms with Crippen molar-refractivity contribution in [3.05, 3.63) is 23.3 Å². The van der Waals surface area contributed by atoms with Crippen LogP contribution >= 0.6 is 0 Å². The molecule has 2 rings (SSSR count). The topological polar surface area (TPSA) is 85.5 Å². The summed E-state index contributed by atoms with van der Waals surface area (Å²) in [5, 5.41) is 8.80. The van der Waals surface area contributed by atoms with Gasteiger partial charge in [0.25, 0.3) is 0 Å². The van der Waals surface area contributed by atoms with Crippen LogP contribution < -0.4 is 5.73 Å². The number of carboxylic acid groups (broad SMARTS) is 1. The number of nitrogens with two attached hydrogens (primary N) is 1. The van der Waals surface area contributed by atoms with E-state index in [4.69, 9.17) is 10.8 Å². The molecule has 6 heteroatoms. The van der Waals surface area contributed by atoms with Crippen molar-refractivity contribution in [1.82, 2.24) is 14.0 Å². The summed E-state index contributed by atoms with van der Waals surface area (Å²) in [6.45, 7) is 3.93. The number of imidazole rings is 2. The van der Waals surface area contributed by atoms with Crippen molar-refractivity contribution < 1.29 is 9.90 Å². The fourth-order valence-corrected chi connectivity index (χ4v) is 1.87. The minimum atomic E-state index is -0.989. The van der Waals surface area contributed by atoms with Crippen molar-refractivity contribution in [3.63, 3.8) is 0 Å². The SMILES string of the molecule is Cc1nc2n(C)c(CC(N)C(=O)O)cn2c1C. The minimum Gasteiger partial charge on any atom is -0.480 e. The van der Waals surface area contributed by atoms with E-state index < -0.39 is 12.0 Å². The zero-order valence-corrected chi connectivity index (χ0v) is 10.1. The molecule has 0 radical (unpaired) electrons. The molecule has 17 heavy (non-hydrogen) atoms. The first-order chi connectivity index (χ1) is 7.91. The largest absolute Gasteiger partial charge is 0.480 e. The first-order valence-electron chi connectivity index (χ1n) is 5.40. The highest BCUT2D eigenvalue weighted by Gasteiger charge is 2.17. The number of fused-ring (bicyclic) bond motifs is 1. The standard InChI is InChI=1S/C11H16N4O2/c1-6-7(2)15-5-8(4-9(12)10(16)17)14(3)11(15)13-6/h5,9H,4,12H2,1-3H3,(H,16,17). The van der Waals surface area contributed by atoms with E-state index >= 15 is 0 Å². The van der Waals surface area contributed by atoms with Crippen LogP contribution in [0.3, 0.4) is 0 Å². The zero-order valence-electron chi connectivity index (χ0n) is 10.1. The lowest BCUT2D eigenvalue weighted by Gasteiger charge is -2.06. The van der Waals surface area contributed by atoms with Gasteiger partial charge in [0.05, 0.1) is 5.69 Å². The Hall–Kier alpha value is -1.82. The molecule has 0 bridgehead atoms. The molecular weight excluding hydrogens is 220 g/mol. The van der Waals surface area contributed by atoms with E-state index in [1.54, 1.807) is 0 Å². The summed E-state index contributed by atoms with van der Waals surface area (Å²) in [6.07, 6.45) is 2.20. The zero-order chi connectivity index (χ0) is 12.7. The molecule has 0 spiro atoms. The van der Waals surface area contributed by atoms with Gasteiger partial charge in [-0.15, -0.1) is 0 Å². The second kappa shape index (κ2) is 3.89. The lowest BCUT2D eigenvalue weighted by molar-refractivity contribution is -0.138. The fraction of sp³-hybridized carbons (Fsp3) is 0.455. The molecule has 0 aliphatic heterocycles. The molecule has 0 aromatic carbocycles. The number of hydrogen-bond acceptors (Lipinski definition) is 3. The van der Waals surface area contributed by atoms with Crippen LogP contribution in [0.4, 0.5) is 0 Å². The monoisotopic (exact) mass is 236 g/mol.